The molecule has 29 heavy (non-hydrogen) atoms. The van der Waals surface area contributed by atoms with E-state index < -0.39 is 0 Å². The number of hydrogen-bond acceptors (Lipinski definition) is 6. The smallest absolute Gasteiger partial charge is 0.218 e. The van der Waals surface area contributed by atoms with Crippen LogP contribution in [0.3, 0.4) is 0 Å². The van der Waals surface area contributed by atoms with Gasteiger partial charge in [0.25, 0.3) is 0 Å². The highest BCUT2D eigenvalue weighted by Crippen LogP contribution is 2.32. The van der Waals surface area contributed by atoms with Gasteiger partial charge in [-0.1, -0.05) is 6.07 Å². The van der Waals surface area contributed by atoms with Crippen molar-refractivity contribution in [2.75, 3.05) is 45.4 Å². The van der Waals surface area contributed by atoms with Crippen molar-refractivity contribution in [3.63, 3.8) is 0 Å². The summed E-state index contributed by atoms with van der Waals surface area (Å²) in [5, 5.41) is 6.57. The summed E-state index contributed by atoms with van der Waals surface area (Å²) in [6, 6.07) is 9.62. The molecule has 0 bridgehead atoms. The van der Waals surface area contributed by atoms with Crippen LogP contribution in [0.15, 0.2) is 41.5 Å². The van der Waals surface area contributed by atoms with Gasteiger partial charge in [0.2, 0.25) is 5.88 Å². The number of rotatable bonds is 8. The van der Waals surface area contributed by atoms with Gasteiger partial charge < -0.3 is 29.6 Å². The summed E-state index contributed by atoms with van der Waals surface area (Å²) in [4.78, 5) is 8.97. The number of ether oxygens (including phenoxy) is 4. The highest BCUT2D eigenvalue weighted by molar-refractivity contribution is 5.93. The fourth-order valence-corrected chi connectivity index (χ4v) is 2.75. The number of pyridine rings is 1. The van der Waals surface area contributed by atoms with E-state index in [0.29, 0.717) is 44.8 Å². The van der Waals surface area contributed by atoms with Crippen molar-refractivity contribution in [3.05, 3.63) is 42.1 Å². The lowest BCUT2D eigenvalue weighted by molar-refractivity contribution is 0.143. The fraction of sp³-hybridized carbons (Fsp3) is 0.429. The van der Waals surface area contributed by atoms with E-state index in [1.165, 1.54) is 0 Å². The first kappa shape index (κ1) is 20.7. The third-order valence-electron chi connectivity index (χ3n) is 4.14. The molecule has 0 fully saturated rings. The summed E-state index contributed by atoms with van der Waals surface area (Å²) in [7, 11) is 1.64. The molecule has 2 N–H and O–H groups in total. The SMILES string of the molecule is CCNC(=NCc1cccnc1OCCOC)Nc1ccc2c(c1)OCCCO2. The van der Waals surface area contributed by atoms with Crippen LogP contribution in [-0.4, -0.2) is 51.0 Å². The quantitative estimate of drug-likeness (QED) is 0.400. The number of hydrogen-bond donors (Lipinski definition) is 2. The van der Waals surface area contributed by atoms with E-state index in [4.69, 9.17) is 18.9 Å². The van der Waals surface area contributed by atoms with Crippen LogP contribution in [0.5, 0.6) is 17.4 Å². The number of aromatic nitrogens is 1. The molecule has 1 aromatic heterocycles. The van der Waals surface area contributed by atoms with Crippen LogP contribution in [0, 0.1) is 0 Å². The molecule has 8 heteroatoms. The maximum absolute atomic E-state index is 5.76. The number of anilines is 1. The van der Waals surface area contributed by atoms with Gasteiger partial charge in [-0.15, -0.1) is 0 Å². The lowest BCUT2D eigenvalue weighted by Gasteiger charge is -2.14. The molecular formula is C21H28N4O4. The Morgan fingerprint density at radius 1 is 1.17 bits per heavy atom. The summed E-state index contributed by atoms with van der Waals surface area (Å²) >= 11 is 0. The Morgan fingerprint density at radius 2 is 2.03 bits per heavy atom. The molecule has 3 rings (SSSR count). The molecule has 0 saturated heterocycles. The van der Waals surface area contributed by atoms with Gasteiger partial charge in [0, 0.05) is 43.6 Å². The Hall–Kier alpha value is -3.00. The van der Waals surface area contributed by atoms with E-state index in [1.54, 1.807) is 13.3 Å². The molecule has 1 aliphatic rings. The molecule has 0 aliphatic carbocycles. The van der Waals surface area contributed by atoms with Crippen molar-refractivity contribution in [1.82, 2.24) is 10.3 Å². The minimum atomic E-state index is 0.427. The maximum atomic E-state index is 5.76. The van der Waals surface area contributed by atoms with Crippen molar-refractivity contribution in [2.45, 2.75) is 19.9 Å². The van der Waals surface area contributed by atoms with Gasteiger partial charge in [-0.25, -0.2) is 9.98 Å². The van der Waals surface area contributed by atoms with E-state index in [2.05, 4.69) is 20.6 Å². The molecule has 1 aliphatic heterocycles. The van der Waals surface area contributed by atoms with Gasteiger partial charge in [0.05, 0.1) is 26.4 Å². The van der Waals surface area contributed by atoms with E-state index in [-0.39, 0.29) is 0 Å². The first-order valence-electron chi connectivity index (χ1n) is 9.80. The van der Waals surface area contributed by atoms with Gasteiger partial charge in [-0.05, 0) is 25.1 Å². The number of fused-ring (bicyclic) bond motifs is 1. The average Bonchev–Trinajstić information content (AvgIpc) is 2.98. The zero-order chi connectivity index (χ0) is 20.3. The molecule has 8 nitrogen and oxygen atoms in total. The van der Waals surface area contributed by atoms with Crippen LogP contribution in [0.2, 0.25) is 0 Å². The number of aliphatic imine (C=N–C) groups is 1. The number of nitrogens with zero attached hydrogens (tertiary/aromatic N) is 2. The van der Waals surface area contributed by atoms with Crippen molar-refractivity contribution >= 4 is 11.6 Å². The normalized spacial score (nSPS) is 13.5. The van der Waals surface area contributed by atoms with Gasteiger partial charge in [-0.3, -0.25) is 0 Å². The van der Waals surface area contributed by atoms with Crippen LogP contribution in [-0.2, 0) is 11.3 Å². The predicted molar refractivity (Wildman–Crippen MR) is 112 cm³/mol. The molecule has 1 aromatic carbocycles. The number of benzene rings is 1. The van der Waals surface area contributed by atoms with E-state index in [0.717, 1.165) is 35.7 Å². The largest absolute Gasteiger partial charge is 0.490 e. The molecule has 0 radical (unpaired) electrons. The highest BCUT2D eigenvalue weighted by Gasteiger charge is 2.11. The lowest BCUT2D eigenvalue weighted by atomic mass is 10.2. The summed E-state index contributed by atoms with van der Waals surface area (Å²) in [5.41, 5.74) is 1.77. The summed E-state index contributed by atoms with van der Waals surface area (Å²) in [5.74, 6) is 2.74. The first-order chi connectivity index (χ1) is 14.3. The molecule has 0 saturated carbocycles. The van der Waals surface area contributed by atoms with E-state index in [9.17, 15) is 0 Å². The number of methoxy groups -OCH3 is 1. The monoisotopic (exact) mass is 400 g/mol. The second-order valence-electron chi connectivity index (χ2n) is 6.34. The van der Waals surface area contributed by atoms with Gasteiger partial charge in [0.15, 0.2) is 17.5 Å². The van der Waals surface area contributed by atoms with Crippen molar-refractivity contribution in [2.24, 2.45) is 4.99 Å². The highest BCUT2D eigenvalue weighted by atomic mass is 16.5. The van der Waals surface area contributed by atoms with Gasteiger partial charge in [-0.2, -0.15) is 0 Å². The Bertz CT molecular complexity index is 813. The van der Waals surface area contributed by atoms with Crippen LogP contribution in [0.4, 0.5) is 5.69 Å². The van der Waals surface area contributed by atoms with Crippen LogP contribution in [0.25, 0.3) is 0 Å². The number of guanidine groups is 1. The molecule has 2 heterocycles. The van der Waals surface area contributed by atoms with Gasteiger partial charge in [0.1, 0.15) is 6.61 Å². The summed E-state index contributed by atoms with van der Waals surface area (Å²) in [6.45, 7) is 5.46. The molecule has 0 atom stereocenters. The standard InChI is InChI=1S/C21H28N4O4/c1-3-22-21(24-15-16-6-4-9-23-20(16)29-13-12-26-2)25-17-7-8-18-19(14-17)28-11-5-10-27-18/h4,6-9,14H,3,5,10-13,15H2,1-2H3,(H2,22,24,25). The minimum absolute atomic E-state index is 0.427. The van der Waals surface area contributed by atoms with Crippen molar-refractivity contribution < 1.29 is 18.9 Å². The Kier molecular flexibility index (Phi) is 7.94. The van der Waals surface area contributed by atoms with E-state index in [1.807, 2.05) is 37.3 Å². The number of nitrogens with one attached hydrogen (secondary N) is 2. The molecule has 0 unspecified atom stereocenters. The molecule has 156 valence electrons. The average molecular weight is 400 g/mol. The molecule has 2 aromatic rings. The second kappa shape index (κ2) is 11.1. The summed E-state index contributed by atoms with van der Waals surface area (Å²) in [6.07, 6.45) is 2.58. The van der Waals surface area contributed by atoms with Crippen LogP contribution in [0.1, 0.15) is 18.9 Å². The zero-order valence-electron chi connectivity index (χ0n) is 16.9. The fourth-order valence-electron chi connectivity index (χ4n) is 2.75. The second-order valence-corrected chi connectivity index (χ2v) is 6.34. The Labute approximate surface area is 171 Å². The van der Waals surface area contributed by atoms with Crippen molar-refractivity contribution in [1.29, 1.82) is 0 Å². The van der Waals surface area contributed by atoms with Gasteiger partial charge >= 0.3 is 0 Å². The van der Waals surface area contributed by atoms with Crippen LogP contribution >= 0.6 is 0 Å². The van der Waals surface area contributed by atoms with Crippen molar-refractivity contribution in [3.8, 4) is 17.4 Å². The molecule has 0 spiro atoms. The Morgan fingerprint density at radius 3 is 2.86 bits per heavy atom. The third kappa shape index (κ3) is 6.25. The third-order valence-corrected chi connectivity index (χ3v) is 4.14. The van der Waals surface area contributed by atoms with E-state index >= 15 is 0 Å². The Balaban J connectivity index is 1.70. The first-order valence-corrected chi connectivity index (χ1v) is 9.80. The minimum Gasteiger partial charge on any atom is -0.490 e. The lowest BCUT2D eigenvalue weighted by Crippen LogP contribution is -2.30. The zero-order valence-corrected chi connectivity index (χ0v) is 16.9. The molecule has 0 amide bonds. The maximum Gasteiger partial charge on any atom is 0.218 e. The molecular weight excluding hydrogens is 372 g/mol. The van der Waals surface area contributed by atoms with Crippen LogP contribution < -0.4 is 24.8 Å². The summed E-state index contributed by atoms with van der Waals surface area (Å²) < 4.78 is 22.2. The predicted octanol–water partition coefficient (Wildman–Crippen LogP) is 2.85. The topological polar surface area (TPSA) is 86.2 Å².